The highest BCUT2D eigenvalue weighted by atomic mass is 15.2. The summed E-state index contributed by atoms with van der Waals surface area (Å²) in [6.07, 6.45) is 7.20. The van der Waals surface area contributed by atoms with E-state index in [1.54, 1.807) is 0 Å². The summed E-state index contributed by atoms with van der Waals surface area (Å²) in [6.45, 7) is 7.92. The van der Waals surface area contributed by atoms with Gasteiger partial charge in [0.1, 0.15) is 0 Å². The lowest BCUT2D eigenvalue weighted by atomic mass is 9.71. The molecule has 1 heterocycles. The first-order valence-electron chi connectivity index (χ1n) is 7.17. The minimum Gasteiger partial charge on any atom is -0.312 e. The zero-order valence-corrected chi connectivity index (χ0v) is 12.2. The van der Waals surface area contributed by atoms with Crippen LogP contribution in [0.4, 0.5) is 0 Å². The van der Waals surface area contributed by atoms with Crippen LogP contribution < -0.4 is 5.32 Å². The van der Waals surface area contributed by atoms with E-state index in [4.69, 9.17) is 0 Å². The molecule has 1 aromatic rings. The summed E-state index contributed by atoms with van der Waals surface area (Å²) in [5, 5.41) is 7.87. The van der Waals surface area contributed by atoms with E-state index in [2.05, 4.69) is 37.3 Å². The fourth-order valence-electron chi connectivity index (χ4n) is 2.70. The molecule has 102 valence electrons. The molecule has 0 amide bonds. The first kappa shape index (κ1) is 13.6. The summed E-state index contributed by atoms with van der Waals surface area (Å²) < 4.78 is 2.00. The molecule has 0 saturated heterocycles. The van der Waals surface area contributed by atoms with Gasteiger partial charge < -0.3 is 5.32 Å². The number of hydrogen-bond acceptors (Lipinski definition) is 2. The van der Waals surface area contributed by atoms with Gasteiger partial charge in [-0.3, -0.25) is 4.68 Å². The Labute approximate surface area is 111 Å². The Morgan fingerprint density at radius 2 is 2.06 bits per heavy atom. The van der Waals surface area contributed by atoms with Crippen molar-refractivity contribution >= 4 is 0 Å². The van der Waals surface area contributed by atoms with Crippen LogP contribution in [0.15, 0.2) is 12.3 Å². The van der Waals surface area contributed by atoms with Crippen molar-refractivity contribution in [2.45, 2.75) is 52.0 Å². The predicted octanol–water partition coefficient (Wildman–Crippen LogP) is 2.77. The molecule has 1 aromatic heterocycles. The first-order valence-corrected chi connectivity index (χ1v) is 7.17. The van der Waals surface area contributed by atoms with Crippen LogP contribution >= 0.6 is 0 Å². The molecule has 0 aromatic carbocycles. The van der Waals surface area contributed by atoms with Crippen LogP contribution in [-0.2, 0) is 13.5 Å². The van der Waals surface area contributed by atoms with E-state index in [-0.39, 0.29) is 5.54 Å². The third-order valence-corrected chi connectivity index (χ3v) is 4.16. The molecule has 3 nitrogen and oxygen atoms in total. The lowest BCUT2D eigenvalue weighted by Crippen LogP contribution is -2.43. The maximum absolute atomic E-state index is 4.23. The number of aryl methyl sites for hydroxylation is 2. The van der Waals surface area contributed by atoms with Crippen molar-refractivity contribution in [3.63, 3.8) is 0 Å². The normalized spacial score (nSPS) is 24.0. The molecule has 0 spiro atoms. The Morgan fingerprint density at radius 1 is 1.33 bits per heavy atom. The van der Waals surface area contributed by atoms with Gasteiger partial charge in [0.25, 0.3) is 0 Å². The Kier molecular flexibility index (Phi) is 4.10. The van der Waals surface area contributed by atoms with Crippen molar-refractivity contribution in [2.24, 2.45) is 18.9 Å². The Balaban J connectivity index is 1.72. The lowest BCUT2D eigenvalue weighted by Gasteiger charge is -2.39. The van der Waals surface area contributed by atoms with Crippen LogP contribution in [0.2, 0.25) is 0 Å². The molecule has 3 heteroatoms. The zero-order valence-electron chi connectivity index (χ0n) is 12.2. The van der Waals surface area contributed by atoms with Crippen molar-refractivity contribution < 1.29 is 0 Å². The zero-order chi connectivity index (χ0) is 13.2. The molecular formula is C15H27N3. The van der Waals surface area contributed by atoms with Crippen molar-refractivity contribution in [2.75, 3.05) is 6.54 Å². The highest BCUT2D eigenvalue weighted by Crippen LogP contribution is 2.37. The van der Waals surface area contributed by atoms with E-state index in [0.29, 0.717) is 0 Å². The average molecular weight is 249 g/mol. The van der Waals surface area contributed by atoms with Crippen LogP contribution in [0.5, 0.6) is 0 Å². The molecule has 2 atom stereocenters. The highest BCUT2D eigenvalue weighted by Gasteiger charge is 2.30. The Hall–Kier alpha value is -0.830. The highest BCUT2D eigenvalue weighted by molar-refractivity contribution is 5.01. The SMILES string of the molecule is Cn1nccc1CCC1CCC1CNC(C)(C)C. The van der Waals surface area contributed by atoms with E-state index in [9.17, 15) is 0 Å². The second kappa shape index (κ2) is 5.43. The van der Waals surface area contributed by atoms with Gasteiger partial charge in [-0.25, -0.2) is 0 Å². The maximum Gasteiger partial charge on any atom is 0.0492 e. The minimum absolute atomic E-state index is 0.252. The van der Waals surface area contributed by atoms with E-state index < -0.39 is 0 Å². The lowest BCUT2D eigenvalue weighted by molar-refractivity contribution is 0.149. The van der Waals surface area contributed by atoms with Crippen LogP contribution in [0, 0.1) is 11.8 Å². The van der Waals surface area contributed by atoms with Gasteiger partial charge in [0, 0.05) is 24.5 Å². The van der Waals surface area contributed by atoms with E-state index in [1.165, 1.54) is 37.9 Å². The average Bonchev–Trinajstić information content (AvgIpc) is 2.61. The molecule has 18 heavy (non-hydrogen) atoms. The Bertz CT molecular complexity index is 375. The number of nitrogens with one attached hydrogen (secondary N) is 1. The summed E-state index contributed by atoms with van der Waals surface area (Å²) in [7, 11) is 2.04. The molecule has 1 saturated carbocycles. The molecule has 2 unspecified atom stereocenters. The molecule has 0 radical (unpaired) electrons. The van der Waals surface area contributed by atoms with Crippen molar-refractivity contribution in [1.82, 2.24) is 15.1 Å². The standard InChI is InChI=1S/C15H27N3/c1-15(2,3)16-11-13-6-5-12(13)7-8-14-9-10-17-18(14)4/h9-10,12-13,16H,5-8,11H2,1-4H3. The Morgan fingerprint density at radius 3 is 2.56 bits per heavy atom. The number of hydrogen-bond donors (Lipinski definition) is 1. The van der Waals surface area contributed by atoms with Gasteiger partial charge >= 0.3 is 0 Å². The van der Waals surface area contributed by atoms with Crippen molar-refractivity contribution in [3.8, 4) is 0 Å². The molecule has 1 N–H and O–H groups in total. The summed E-state index contributed by atoms with van der Waals surface area (Å²) in [5.74, 6) is 1.80. The summed E-state index contributed by atoms with van der Waals surface area (Å²) in [5.41, 5.74) is 1.62. The second-order valence-electron chi connectivity index (χ2n) is 6.71. The third kappa shape index (κ3) is 3.58. The van der Waals surface area contributed by atoms with Crippen molar-refractivity contribution in [3.05, 3.63) is 18.0 Å². The van der Waals surface area contributed by atoms with E-state index in [0.717, 1.165) is 11.8 Å². The quantitative estimate of drug-likeness (QED) is 0.869. The molecule has 1 aliphatic carbocycles. The van der Waals surface area contributed by atoms with Crippen LogP contribution in [-0.4, -0.2) is 21.9 Å². The number of rotatable bonds is 5. The number of nitrogens with zero attached hydrogens (tertiary/aromatic N) is 2. The molecule has 1 fully saturated rings. The van der Waals surface area contributed by atoms with Gasteiger partial charge in [0.15, 0.2) is 0 Å². The minimum atomic E-state index is 0.252. The monoisotopic (exact) mass is 249 g/mol. The van der Waals surface area contributed by atoms with Crippen LogP contribution in [0.3, 0.4) is 0 Å². The fraction of sp³-hybridized carbons (Fsp3) is 0.800. The van der Waals surface area contributed by atoms with Crippen LogP contribution in [0.25, 0.3) is 0 Å². The van der Waals surface area contributed by atoms with Gasteiger partial charge in [-0.2, -0.15) is 5.10 Å². The molecule has 2 rings (SSSR count). The fourth-order valence-corrected chi connectivity index (χ4v) is 2.70. The summed E-state index contributed by atoms with van der Waals surface area (Å²) in [6, 6.07) is 2.14. The summed E-state index contributed by atoms with van der Waals surface area (Å²) >= 11 is 0. The molecule has 0 aliphatic heterocycles. The van der Waals surface area contributed by atoms with Gasteiger partial charge in [0.2, 0.25) is 0 Å². The third-order valence-electron chi connectivity index (χ3n) is 4.16. The molecular weight excluding hydrogens is 222 g/mol. The van der Waals surface area contributed by atoms with Gasteiger partial charge in [-0.05, 0) is 70.9 Å². The smallest absolute Gasteiger partial charge is 0.0492 e. The first-order chi connectivity index (χ1) is 8.46. The van der Waals surface area contributed by atoms with Crippen LogP contribution in [0.1, 0.15) is 45.7 Å². The molecule has 0 bridgehead atoms. The summed E-state index contributed by atoms with van der Waals surface area (Å²) in [4.78, 5) is 0. The van der Waals surface area contributed by atoms with E-state index >= 15 is 0 Å². The topological polar surface area (TPSA) is 29.9 Å². The van der Waals surface area contributed by atoms with Gasteiger partial charge in [-0.15, -0.1) is 0 Å². The van der Waals surface area contributed by atoms with Gasteiger partial charge in [-0.1, -0.05) is 0 Å². The van der Waals surface area contributed by atoms with Crippen molar-refractivity contribution in [1.29, 1.82) is 0 Å². The largest absolute Gasteiger partial charge is 0.312 e. The maximum atomic E-state index is 4.23. The number of aromatic nitrogens is 2. The van der Waals surface area contributed by atoms with E-state index in [1.807, 2.05) is 17.9 Å². The molecule has 1 aliphatic rings. The van der Waals surface area contributed by atoms with Gasteiger partial charge in [0.05, 0.1) is 0 Å². The second-order valence-corrected chi connectivity index (χ2v) is 6.71. The predicted molar refractivity (Wildman–Crippen MR) is 75.5 cm³/mol.